The summed E-state index contributed by atoms with van der Waals surface area (Å²) in [6.45, 7) is 7.77. The summed E-state index contributed by atoms with van der Waals surface area (Å²) in [5, 5.41) is 0.609. The van der Waals surface area contributed by atoms with Crippen LogP contribution in [0, 0.1) is 0 Å². The van der Waals surface area contributed by atoms with Crippen LogP contribution in [0.2, 0.25) is 5.02 Å². The van der Waals surface area contributed by atoms with Crippen molar-refractivity contribution in [1.82, 2.24) is 4.57 Å². The van der Waals surface area contributed by atoms with Crippen molar-refractivity contribution in [3.05, 3.63) is 118 Å². The smallest absolute Gasteiger partial charge is 0.338 e. The number of fused-ring (bicyclic) bond motifs is 1. The third kappa shape index (κ3) is 7.03. The fourth-order valence-electron chi connectivity index (χ4n) is 4.99. The van der Waals surface area contributed by atoms with Crippen LogP contribution >= 0.6 is 38.9 Å². The van der Waals surface area contributed by atoms with Crippen molar-refractivity contribution in [2.45, 2.75) is 46.4 Å². The first kappa shape index (κ1) is 32.5. The molecule has 1 aliphatic heterocycles. The fraction of sp³-hybridized carbons (Fsp3) is 0.265. The lowest BCUT2D eigenvalue weighted by Crippen LogP contribution is -2.40. The summed E-state index contributed by atoms with van der Waals surface area (Å²) < 4.78 is 25.9. The summed E-state index contributed by atoms with van der Waals surface area (Å²) in [7, 11) is 1.55. The molecule has 0 saturated heterocycles. The van der Waals surface area contributed by atoms with E-state index in [9.17, 15) is 9.59 Å². The number of methoxy groups -OCH3 is 1. The number of nitrogens with zero attached hydrogens (tertiary/aromatic N) is 2. The van der Waals surface area contributed by atoms with Crippen molar-refractivity contribution in [3.8, 4) is 17.2 Å². The maximum atomic E-state index is 14.2. The predicted octanol–water partition coefficient (Wildman–Crippen LogP) is 6.59. The molecule has 8 nitrogen and oxygen atoms in total. The monoisotopic (exact) mass is 710 g/mol. The lowest BCUT2D eigenvalue weighted by Gasteiger charge is -2.25. The first-order valence-electron chi connectivity index (χ1n) is 14.3. The predicted molar refractivity (Wildman–Crippen MR) is 179 cm³/mol. The number of halogens is 2. The maximum Gasteiger partial charge on any atom is 0.338 e. The molecule has 0 amide bonds. The van der Waals surface area contributed by atoms with Crippen molar-refractivity contribution < 1.29 is 23.7 Å². The second-order valence-electron chi connectivity index (χ2n) is 10.4. The van der Waals surface area contributed by atoms with Crippen LogP contribution in [0.4, 0.5) is 0 Å². The third-order valence-corrected chi connectivity index (χ3v) is 8.83. The van der Waals surface area contributed by atoms with Gasteiger partial charge < -0.3 is 18.9 Å². The van der Waals surface area contributed by atoms with Gasteiger partial charge in [0.15, 0.2) is 16.3 Å². The van der Waals surface area contributed by atoms with E-state index >= 15 is 0 Å². The summed E-state index contributed by atoms with van der Waals surface area (Å²) in [4.78, 5) is 32.7. The number of hydrogen-bond acceptors (Lipinski definition) is 8. The van der Waals surface area contributed by atoms with Crippen LogP contribution in [0.25, 0.3) is 6.08 Å². The Morgan fingerprint density at radius 2 is 1.87 bits per heavy atom. The number of esters is 1. The Balaban J connectivity index is 1.64. The van der Waals surface area contributed by atoms with Gasteiger partial charge in [-0.15, -0.1) is 0 Å². The lowest BCUT2D eigenvalue weighted by atomic mass is 9.95. The quantitative estimate of drug-likeness (QED) is 0.173. The minimum atomic E-state index is -0.803. The average molecular weight is 712 g/mol. The molecule has 4 aromatic rings. The molecule has 0 spiro atoms. The molecule has 0 bridgehead atoms. The molecule has 0 radical (unpaired) electrons. The van der Waals surface area contributed by atoms with E-state index < -0.39 is 12.0 Å². The first-order valence-corrected chi connectivity index (χ1v) is 16.3. The number of rotatable bonds is 10. The number of hydrogen-bond donors (Lipinski definition) is 0. The number of allylic oxidation sites excluding steroid dienone is 1. The summed E-state index contributed by atoms with van der Waals surface area (Å²) in [5.74, 6) is 1.08. The highest BCUT2D eigenvalue weighted by molar-refractivity contribution is 9.10. The van der Waals surface area contributed by atoms with Gasteiger partial charge in [-0.25, -0.2) is 9.79 Å². The maximum absolute atomic E-state index is 14.2. The van der Waals surface area contributed by atoms with Crippen molar-refractivity contribution in [3.63, 3.8) is 0 Å². The van der Waals surface area contributed by atoms with Gasteiger partial charge in [0, 0.05) is 20.6 Å². The largest absolute Gasteiger partial charge is 0.493 e. The third-order valence-electron chi connectivity index (χ3n) is 6.98. The number of benzene rings is 3. The molecule has 0 fully saturated rings. The number of aromatic nitrogens is 1. The lowest BCUT2D eigenvalue weighted by molar-refractivity contribution is -0.139. The minimum absolute atomic E-state index is 0.0729. The van der Waals surface area contributed by atoms with Crippen molar-refractivity contribution in [2.75, 3.05) is 13.7 Å². The minimum Gasteiger partial charge on any atom is -0.493 e. The van der Waals surface area contributed by atoms with Crippen LogP contribution in [0.3, 0.4) is 0 Å². The summed E-state index contributed by atoms with van der Waals surface area (Å²) in [6.07, 6.45) is 1.70. The molecule has 0 N–H and O–H groups in total. The Bertz CT molecular complexity index is 1970. The van der Waals surface area contributed by atoms with E-state index in [-0.39, 0.29) is 30.5 Å². The van der Waals surface area contributed by atoms with Crippen LogP contribution < -0.4 is 29.1 Å². The second kappa shape index (κ2) is 14.1. The van der Waals surface area contributed by atoms with Crippen molar-refractivity contribution in [1.29, 1.82) is 0 Å². The van der Waals surface area contributed by atoms with E-state index in [1.165, 1.54) is 15.9 Å². The van der Waals surface area contributed by atoms with Crippen LogP contribution in [-0.2, 0) is 16.1 Å². The van der Waals surface area contributed by atoms with Crippen molar-refractivity contribution >= 4 is 50.9 Å². The van der Waals surface area contributed by atoms with Gasteiger partial charge in [0.25, 0.3) is 5.56 Å². The molecule has 3 aromatic carbocycles. The van der Waals surface area contributed by atoms with Gasteiger partial charge >= 0.3 is 5.97 Å². The van der Waals surface area contributed by atoms with E-state index in [4.69, 9.17) is 30.5 Å². The Morgan fingerprint density at radius 3 is 2.58 bits per heavy atom. The molecular formula is C34H32BrClN2O6S. The molecule has 1 atom stereocenters. The molecule has 45 heavy (non-hydrogen) atoms. The van der Waals surface area contributed by atoms with E-state index in [2.05, 4.69) is 20.9 Å². The Labute approximate surface area is 278 Å². The topological polar surface area (TPSA) is 88.4 Å². The standard InChI is InChI=1S/C34H32BrClN2O6S/c1-6-42-33(40)30-20(4)37-34-38(31(30)21-11-13-27(44-19(2)3)28(16-21)41-5)32(39)29(45-34)17-23-15-24(35)12-14-26(23)43-18-22-9-7-8-10-25(22)36/h7-17,19,31H,6,18H2,1-5H3/b29-17-/t31-/m1/s1. The van der Waals surface area contributed by atoms with E-state index in [1.807, 2.05) is 62.4 Å². The molecule has 1 aliphatic rings. The van der Waals surface area contributed by atoms with Crippen LogP contribution in [0.5, 0.6) is 17.2 Å². The van der Waals surface area contributed by atoms with Gasteiger partial charge in [0.05, 0.1) is 41.7 Å². The molecule has 5 rings (SSSR count). The Morgan fingerprint density at radius 1 is 1.11 bits per heavy atom. The van der Waals surface area contributed by atoms with Crippen LogP contribution in [0.1, 0.15) is 50.4 Å². The van der Waals surface area contributed by atoms with Gasteiger partial charge in [-0.1, -0.05) is 63.1 Å². The molecule has 234 valence electrons. The number of carbonyl (C=O) groups is 1. The van der Waals surface area contributed by atoms with Gasteiger partial charge in [-0.3, -0.25) is 9.36 Å². The molecule has 11 heteroatoms. The zero-order valence-corrected chi connectivity index (χ0v) is 28.6. The first-order chi connectivity index (χ1) is 21.6. The second-order valence-corrected chi connectivity index (χ2v) is 12.8. The summed E-state index contributed by atoms with van der Waals surface area (Å²) >= 11 is 11.1. The van der Waals surface area contributed by atoms with E-state index in [0.29, 0.717) is 48.4 Å². The molecular weight excluding hydrogens is 680 g/mol. The molecule has 0 saturated carbocycles. The number of carbonyl (C=O) groups excluding carboxylic acids is 1. The van der Waals surface area contributed by atoms with Crippen LogP contribution in [0.15, 0.2) is 86.2 Å². The highest BCUT2D eigenvalue weighted by atomic mass is 79.9. The summed E-state index contributed by atoms with van der Waals surface area (Å²) in [6, 6.07) is 17.7. The van der Waals surface area contributed by atoms with Gasteiger partial charge in [-0.05, 0) is 75.7 Å². The highest BCUT2D eigenvalue weighted by Crippen LogP contribution is 2.36. The zero-order valence-electron chi connectivity index (χ0n) is 25.4. The Kier molecular flexibility index (Phi) is 10.2. The highest BCUT2D eigenvalue weighted by Gasteiger charge is 2.34. The van der Waals surface area contributed by atoms with Gasteiger partial charge in [0.2, 0.25) is 0 Å². The SMILES string of the molecule is CCOC(=O)C1=C(C)N=c2s/c(=C\c3cc(Br)ccc3OCc3ccccc3Cl)c(=O)n2[C@@H]1c1ccc(OC(C)C)c(OC)c1. The number of thiazole rings is 1. The summed E-state index contributed by atoms with van der Waals surface area (Å²) in [5.41, 5.74) is 2.63. The molecule has 2 heterocycles. The average Bonchev–Trinajstić information content (AvgIpc) is 3.30. The molecule has 0 aliphatic carbocycles. The fourth-order valence-corrected chi connectivity index (χ4v) is 6.59. The van der Waals surface area contributed by atoms with Crippen molar-refractivity contribution in [2.24, 2.45) is 4.99 Å². The normalized spacial score (nSPS) is 14.7. The van der Waals surface area contributed by atoms with Gasteiger partial charge in [0.1, 0.15) is 12.4 Å². The Hall–Kier alpha value is -3.86. The van der Waals surface area contributed by atoms with E-state index in [0.717, 1.165) is 10.0 Å². The number of ether oxygens (including phenoxy) is 4. The van der Waals surface area contributed by atoms with E-state index in [1.54, 1.807) is 39.2 Å². The molecule has 1 aromatic heterocycles. The zero-order chi connectivity index (χ0) is 32.2. The van der Waals surface area contributed by atoms with Gasteiger partial charge in [-0.2, -0.15) is 0 Å². The van der Waals surface area contributed by atoms with Crippen LogP contribution in [-0.4, -0.2) is 30.4 Å². The molecule has 0 unspecified atom stereocenters.